The van der Waals surface area contributed by atoms with Gasteiger partial charge >= 0.3 is 5.97 Å². The lowest BCUT2D eigenvalue weighted by Crippen LogP contribution is -2.38. The molecule has 0 saturated heterocycles. The Morgan fingerprint density at radius 1 is 1.47 bits per heavy atom. The molecule has 0 aromatic heterocycles. The van der Waals surface area contributed by atoms with Crippen LogP contribution >= 0.6 is 0 Å². The van der Waals surface area contributed by atoms with Crippen molar-refractivity contribution in [1.29, 1.82) is 0 Å². The predicted octanol–water partition coefficient (Wildman–Crippen LogP) is -0.597. The van der Waals surface area contributed by atoms with Gasteiger partial charge < -0.3 is 15.5 Å². The van der Waals surface area contributed by atoms with Crippen molar-refractivity contribution in [2.75, 3.05) is 13.7 Å². The number of fused-ring (bicyclic) bond motifs is 1. The van der Waals surface area contributed by atoms with Crippen molar-refractivity contribution in [3.63, 3.8) is 0 Å². The number of hydrazine groups is 1. The number of carbonyl (C=O) groups is 1. The molecule has 98 valence electrons. The summed E-state index contributed by atoms with van der Waals surface area (Å²) in [4.78, 5) is 11.2. The van der Waals surface area contributed by atoms with Gasteiger partial charge in [0.05, 0.1) is 18.5 Å². The Morgan fingerprint density at radius 2 is 2.21 bits per heavy atom. The standard InChI is InChI=1S/C13H16BN3O2/c1-19-12(18)7-17(16)11-5-2-8-6-9(14)3-4-10(8)13(11)15/h3-4,6H,2,5,7,15-16H2,1H3. The quantitative estimate of drug-likeness (QED) is 0.327. The number of rotatable bonds is 3. The van der Waals surface area contributed by atoms with Crippen LogP contribution in [0.1, 0.15) is 17.5 Å². The van der Waals surface area contributed by atoms with Crippen molar-refractivity contribution in [1.82, 2.24) is 5.01 Å². The van der Waals surface area contributed by atoms with Crippen molar-refractivity contribution in [3.8, 4) is 0 Å². The van der Waals surface area contributed by atoms with E-state index in [1.807, 2.05) is 12.1 Å². The number of hydrogen-bond acceptors (Lipinski definition) is 5. The largest absolute Gasteiger partial charge is 0.468 e. The van der Waals surface area contributed by atoms with Crippen molar-refractivity contribution in [3.05, 3.63) is 35.0 Å². The SMILES string of the molecule is [B]c1ccc2c(c1)CCC(N(N)CC(=O)OC)=C2N. The molecular weight excluding hydrogens is 241 g/mol. The molecule has 19 heavy (non-hydrogen) atoms. The van der Waals surface area contributed by atoms with Gasteiger partial charge in [0.1, 0.15) is 14.4 Å². The van der Waals surface area contributed by atoms with E-state index in [1.54, 1.807) is 6.07 Å². The van der Waals surface area contributed by atoms with Crippen LogP contribution in [0.25, 0.3) is 5.70 Å². The highest BCUT2D eigenvalue weighted by Gasteiger charge is 2.21. The summed E-state index contributed by atoms with van der Waals surface area (Å²) >= 11 is 0. The molecule has 0 saturated carbocycles. The molecule has 1 aromatic rings. The van der Waals surface area contributed by atoms with Crippen LogP contribution in [0.2, 0.25) is 0 Å². The molecule has 0 fully saturated rings. The van der Waals surface area contributed by atoms with Gasteiger partial charge in [0.15, 0.2) is 0 Å². The summed E-state index contributed by atoms with van der Waals surface area (Å²) in [5.41, 5.74) is 10.2. The number of ether oxygens (including phenoxy) is 1. The molecule has 2 radical (unpaired) electrons. The highest BCUT2D eigenvalue weighted by molar-refractivity contribution is 6.32. The Hall–Kier alpha value is -1.95. The van der Waals surface area contributed by atoms with Crippen LogP contribution in [0.3, 0.4) is 0 Å². The maximum Gasteiger partial charge on any atom is 0.326 e. The predicted molar refractivity (Wildman–Crippen MR) is 74.2 cm³/mol. The highest BCUT2D eigenvalue weighted by atomic mass is 16.5. The van der Waals surface area contributed by atoms with E-state index in [-0.39, 0.29) is 6.54 Å². The number of allylic oxidation sites excluding steroid dienone is 1. The lowest BCUT2D eigenvalue weighted by Gasteiger charge is -2.27. The summed E-state index contributed by atoms with van der Waals surface area (Å²) in [6, 6.07) is 5.60. The number of esters is 1. The molecule has 5 nitrogen and oxygen atoms in total. The van der Waals surface area contributed by atoms with Gasteiger partial charge in [-0.15, -0.1) is 0 Å². The minimum atomic E-state index is -0.397. The summed E-state index contributed by atoms with van der Waals surface area (Å²) in [6.45, 7) is -0.0170. The van der Waals surface area contributed by atoms with Crippen molar-refractivity contribution in [2.45, 2.75) is 12.8 Å². The van der Waals surface area contributed by atoms with Crippen molar-refractivity contribution in [2.24, 2.45) is 11.6 Å². The summed E-state index contributed by atoms with van der Waals surface area (Å²) in [7, 11) is 7.08. The zero-order valence-corrected chi connectivity index (χ0v) is 10.8. The molecule has 0 spiro atoms. The van der Waals surface area contributed by atoms with Crippen LogP contribution in [-0.2, 0) is 16.0 Å². The Morgan fingerprint density at radius 3 is 2.89 bits per heavy atom. The lowest BCUT2D eigenvalue weighted by molar-refractivity contribution is -0.141. The van der Waals surface area contributed by atoms with E-state index < -0.39 is 5.97 Å². The van der Waals surface area contributed by atoms with Gasteiger partial charge in [0.25, 0.3) is 0 Å². The summed E-state index contributed by atoms with van der Waals surface area (Å²) in [5.74, 6) is 5.47. The van der Waals surface area contributed by atoms with Crippen LogP contribution in [0.4, 0.5) is 0 Å². The third-order valence-corrected chi connectivity index (χ3v) is 3.24. The number of benzene rings is 1. The first-order chi connectivity index (χ1) is 9.02. The van der Waals surface area contributed by atoms with E-state index >= 15 is 0 Å². The fourth-order valence-corrected chi connectivity index (χ4v) is 2.22. The average Bonchev–Trinajstić information content (AvgIpc) is 2.38. The number of methoxy groups -OCH3 is 1. The van der Waals surface area contributed by atoms with Crippen molar-refractivity contribution >= 4 is 25.0 Å². The van der Waals surface area contributed by atoms with Gasteiger partial charge in [-0.2, -0.15) is 0 Å². The maximum absolute atomic E-state index is 11.2. The molecule has 0 aliphatic heterocycles. The number of nitrogens with zero attached hydrogens (tertiary/aromatic N) is 1. The average molecular weight is 257 g/mol. The van der Waals surface area contributed by atoms with Crippen LogP contribution in [0, 0.1) is 0 Å². The van der Waals surface area contributed by atoms with Crippen LogP contribution < -0.4 is 17.0 Å². The molecule has 2 rings (SSSR count). The first kappa shape index (κ1) is 13.5. The normalized spacial score (nSPS) is 14.0. The number of nitrogens with two attached hydrogens (primary N) is 2. The molecule has 0 unspecified atom stereocenters. The second kappa shape index (κ2) is 5.36. The van der Waals surface area contributed by atoms with Gasteiger partial charge in [-0.1, -0.05) is 23.7 Å². The lowest BCUT2D eigenvalue weighted by atomic mass is 9.86. The van der Waals surface area contributed by atoms with E-state index in [1.165, 1.54) is 12.1 Å². The van der Waals surface area contributed by atoms with E-state index in [0.29, 0.717) is 17.6 Å². The molecular formula is C13H16BN3O2. The van der Waals surface area contributed by atoms with E-state index in [2.05, 4.69) is 4.74 Å². The molecule has 1 aliphatic carbocycles. The second-order valence-electron chi connectivity index (χ2n) is 4.48. The molecule has 1 aromatic carbocycles. The van der Waals surface area contributed by atoms with Gasteiger partial charge in [-0.25, -0.2) is 5.84 Å². The Labute approximate surface area is 113 Å². The monoisotopic (exact) mass is 257 g/mol. The second-order valence-corrected chi connectivity index (χ2v) is 4.48. The van der Waals surface area contributed by atoms with Crippen LogP contribution in [0.15, 0.2) is 23.9 Å². The third kappa shape index (κ3) is 2.73. The fourth-order valence-electron chi connectivity index (χ4n) is 2.22. The zero-order chi connectivity index (χ0) is 14.0. The Balaban J connectivity index is 2.29. The molecule has 0 amide bonds. The van der Waals surface area contributed by atoms with E-state index in [9.17, 15) is 4.79 Å². The van der Waals surface area contributed by atoms with Crippen molar-refractivity contribution < 1.29 is 9.53 Å². The maximum atomic E-state index is 11.2. The molecule has 0 heterocycles. The van der Waals surface area contributed by atoms with E-state index in [4.69, 9.17) is 19.4 Å². The van der Waals surface area contributed by atoms with E-state index in [0.717, 1.165) is 23.2 Å². The molecule has 1 aliphatic rings. The summed E-state index contributed by atoms with van der Waals surface area (Å²) in [6.07, 6.45) is 1.47. The Kier molecular flexibility index (Phi) is 3.80. The molecule has 4 N–H and O–H groups in total. The number of hydrogen-bond donors (Lipinski definition) is 2. The molecule has 6 heteroatoms. The first-order valence-corrected chi connectivity index (χ1v) is 5.99. The highest BCUT2D eigenvalue weighted by Crippen LogP contribution is 2.28. The topological polar surface area (TPSA) is 81.6 Å². The third-order valence-electron chi connectivity index (χ3n) is 3.24. The summed E-state index contributed by atoms with van der Waals surface area (Å²) < 4.78 is 4.59. The van der Waals surface area contributed by atoms with Crippen LogP contribution in [0.5, 0.6) is 0 Å². The minimum Gasteiger partial charge on any atom is -0.468 e. The van der Waals surface area contributed by atoms with Gasteiger partial charge in [-0.3, -0.25) is 4.79 Å². The summed E-state index contributed by atoms with van der Waals surface area (Å²) in [5, 5.41) is 1.35. The smallest absolute Gasteiger partial charge is 0.326 e. The van der Waals surface area contributed by atoms with Gasteiger partial charge in [0, 0.05) is 5.56 Å². The molecule has 0 bridgehead atoms. The Bertz CT molecular complexity index is 543. The minimum absolute atomic E-state index is 0.0170. The number of aryl methyl sites for hydroxylation is 1. The number of carbonyl (C=O) groups excluding carboxylic acids is 1. The zero-order valence-electron chi connectivity index (χ0n) is 10.8. The van der Waals surface area contributed by atoms with Crippen LogP contribution in [-0.4, -0.2) is 32.5 Å². The van der Waals surface area contributed by atoms with Gasteiger partial charge in [-0.05, 0) is 18.4 Å². The molecule has 0 atom stereocenters. The first-order valence-electron chi connectivity index (χ1n) is 5.99. The fraction of sp³-hybridized carbons (Fsp3) is 0.308. The van der Waals surface area contributed by atoms with Gasteiger partial charge in [0.2, 0.25) is 0 Å².